The summed E-state index contributed by atoms with van der Waals surface area (Å²) in [5.41, 5.74) is 11.2. The lowest BCUT2D eigenvalue weighted by Gasteiger charge is -2.23. The number of nitrogens with zero attached hydrogens (tertiary/aromatic N) is 1. The fourth-order valence-electron chi connectivity index (χ4n) is 2.74. The van der Waals surface area contributed by atoms with E-state index in [1.54, 1.807) is 0 Å². The maximum absolute atomic E-state index is 12.7. The van der Waals surface area contributed by atoms with Gasteiger partial charge in [0.2, 0.25) is 23.6 Å². The molecule has 0 aromatic carbocycles. The van der Waals surface area contributed by atoms with Gasteiger partial charge in [-0.25, -0.2) is 9.78 Å². The standard InChI is InChI=1S/C19H29N7O8/c1-9(24-17(31)11(20)2-5-15(28)29)16(30)25-12(3-4-14(21)27)18(32)26-13(19(33)34)6-10-7-22-8-23-10/h7-9,11-13H,2-6,20H2,1H3,(H2,21,27)(H,22,23)(H,24,31)(H,25,30)(H,26,32)(H,28,29)(H,33,34). The van der Waals surface area contributed by atoms with Crippen molar-refractivity contribution in [3.63, 3.8) is 0 Å². The molecule has 15 nitrogen and oxygen atoms in total. The third-order valence-electron chi connectivity index (χ3n) is 4.66. The Bertz CT molecular complexity index is 889. The number of hydrogen-bond acceptors (Lipinski definition) is 8. The first-order valence-corrected chi connectivity index (χ1v) is 10.3. The highest BCUT2D eigenvalue weighted by Crippen LogP contribution is 2.04. The molecule has 1 aromatic rings. The zero-order chi connectivity index (χ0) is 25.8. The average molecular weight is 483 g/mol. The lowest BCUT2D eigenvalue weighted by atomic mass is 10.1. The number of aliphatic carboxylic acids is 2. The van der Waals surface area contributed by atoms with Gasteiger partial charge in [0, 0.05) is 31.2 Å². The summed E-state index contributed by atoms with van der Waals surface area (Å²) >= 11 is 0. The molecule has 1 aromatic heterocycles. The summed E-state index contributed by atoms with van der Waals surface area (Å²) in [7, 11) is 0. The predicted octanol–water partition coefficient (Wildman–Crippen LogP) is -3.03. The first-order valence-electron chi connectivity index (χ1n) is 10.3. The number of hydrogen-bond donors (Lipinski definition) is 8. The second-order valence-corrected chi connectivity index (χ2v) is 7.52. The summed E-state index contributed by atoms with van der Waals surface area (Å²) in [5.74, 6) is -5.68. The maximum Gasteiger partial charge on any atom is 0.326 e. The van der Waals surface area contributed by atoms with Gasteiger partial charge >= 0.3 is 11.9 Å². The third kappa shape index (κ3) is 10.1. The number of amides is 4. The Balaban J connectivity index is 2.80. The quantitative estimate of drug-likeness (QED) is 0.125. The molecular formula is C19H29N7O8. The van der Waals surface area contributed by atoms with Crippen molar-refractivity contribution in [1.82, 2.24) is 25.9 Å². The average Bonchev–Trinajstić information content (AvgIpc) is 3.26. The highest BCUT2D eigenvalue weighted by molar-refractivity contribution is 5.94. The molecule has 10 N–H and O–H groups in total. The van der Waals surface area contributed by atoms with E-state index in [2.05, 4.69) is 25.9 Å². The lowest BCUT2D eigenvalue weighted by Crippen LogP contribution is -2.56. The number of H-pyrrole nitrogens is 1. The molecule has 0 aliphatic rings. The van der Waals surface area contributed by atoms with Gasteiger partial charge in [0.25, 0.3) is 0 Å². The van der Waals surface area contributed by atoms with Crippen molar-refractivity contribution in [1.29, 1.82) is 0 Å². The van der Waals surface area contributed by atoms with Crippen LogP contribution in [0.1, 0.15) is 38.3 Å². The molecule has 34 heavy (non-hydrogen) atoms. The largest absolute Gasteiger partial charge is 0.481 e. The second-order valence-electron chi connectivity index (χ2n) is 7.52. The second kappa shape index (κ2) is 13.5. The van der Waals surface area contributed by atoms with Crippen molar-refractivity contribution in [2.24, 2.45) is 11.5 Å². The molecule has 15 heteroatoms. The van der Waals surface area contributed by atoms with Crippen LogP contribution in [0.25, 0.3) is 0 Å². The van der Waals surface area contributed by atoms with Gasteiger partial charge in [-0.3, -0.25) is 24.0 Å². The number of nitrogens with one attached hydrogen (secondary N) is 4. The molecule has 0 spiro atoms. The Morgan fingerprint density at radius 3 is 2.15 bits per heavy atom. The number of rotatable bonds is 15. The van der Waals surface area contributed by atoms with Crippen molar-refractivity contribution < 1.29 is 39.0 Å². The molecule has 1 heterocycles. The Labute approximate surface area is 194 Å². The summed E-state index contributed by atoms with van der Waals surface area (Å²) in [6.07, 6.45) is 1.63. The SMILES string of the molecule is CC(NC(=O)C(N)CCC(=O)O)C(=O)NC(CCC(N)=O)C(=O)NC(Cc1cnc[nH]1)C(=O)O. The monoisotopic (exact) mass is 483 g/mol. The summed E-state index contributed by atoms with van der Waals surface area (Å²) in [5, 5.41) is 25.0. The van der Waals surface area contributed by atoms with E-state index < -0.39 is 59.7 Å². The molecular weight excluding hydrogens is 454 g/mol. The smallest absolute Gasteiger partial charge is 0.326 e. The van der Waals surface area contributed by atoms with Crippen LogP contribution in [0, 0.1) is 0 Å². The number of carbonyl (C=O) groups is 6. The fraction of sp³-hybridized carbons (Fsp3) is 0.526. The molecule has 0 radical (unpaired) electrons. The summed E-state index contributed by atoms with van der Waals surface area (Å²) in [6, 6.07) is -5.03. The molecule has 0 fully saturated rings. The summed E-state index contributed by atoms with van der Waals surface area (Å²) in [4.78, 5) is 77.1. The van der Waals surface area contributed by atoms with Crippen LogP contribution in [0.4, 0.5) is 0 Å². The van der Waals surface area contributed by atoms with Crippen molar-refractivity contribution in [3.05, 3.63) is 18.2 Å². The Morgan fingerprint density at radius 1 is 0.971 bits per heavy atom. The van der Waals surface area contributed by atoms with Crippen LogP contribution in [-0.2, 0) is 35.2 Å². The number of imidazole rings is 1. The number of carboxylic acid groups (broad SMARTS) is 2. The van der Waals surface area contributed by atoms with E-state index in [4.69, 9.17) is 16.6 Å². The van der Waals surface area contributed by atoms with Crippen LogP contribution < -0.4 is 27.4 Å². The van der Waals surface area contributed by atoms with Gasteiger partial charge < -0.3 is 42.6 Å². The van der Waals surface area contributed by atoms with Crippen LogP contribution in [0.5, 0.6) is 0 Å². The minimum absolute atomic E-state index is 0.113. The van der Waals surface area contributed by atoms with Gasteiger partial charge in [0.05, 0.1) is 12.4 Å². The lowest BCUT2D eigenvalue weighted by molar-refractivity contribution is -0.142. The van der Waals surface area contributed by atoms with E-state index in [1.807, 2.05) is 0 Å². The minimum Gasteiger partial charge on any atom is -0.481 e. The third-order valence-corrected chi connectivity index (χ3v) is 4.66. The Hall–Kier alpha value is -4.01. The highest BCUT2D eigenvalue weighted by atomic mass is 16.4. The molecule has 0 saturated carbocycles. The normalized spacial score (nSPS) is 14.2. The van der Waals surface area contributed by atoms with Crippen molar-refractivity contribution in [2.75, 3.05) is 0 Å². The van der Waals surface area contributed by atoms with Crippen LogP contribution in [0.15, 0.2) is 12.5 Å². The zero-order valence-electron chi connectivity index (χ0n) is 18.4. The molecule has 0 bridgehead atoms. The summed E-state index contributed by atoms with van der Waals surface area (Å²) < 4.78 is 0. The van der Waals surface area contributed by atoms with E-state index >= 15 is 0 Å². The van der Waals surface area contributed by atoms with E-state index in [9.17, 15) is 33.9 Å². The zero-order valence-corrected chi connectivity index (χ0v) is 18.4. The van der Waals surface area contributed by atoms with E-state index in [1.165, 1.54) is 19.4 Å². The molecule has 1 rings (SSSR count). The fourth-order valence-corrected chi connectivity index (χ4v) is 2.74. The van der Waals surface area contributed by atoms with Crippen LogP contribution in [0.3, 0.4) is 0 Å². The molecule has 0 aliphatic heterocycles. The molecule has 4 amide bonds. The van der Waals surface area contributed by atoms with E-state index in [0.29, 0.717) is 5.69 Å². The number of aromatic amines is 1. The van der Waals surface area contributed by atoms with E-state index in [-0.39, 0.29) is 32.1 Å². The number of primary amides is 1. The van der Waals surface area contributed by atoms with Crippen molar-refractivity contribution in [2.45, 2.75) is 63.2 Å². The Kier molecular flexibility index (Phi) is 11.1. The number of carbonyl (C=O) groups excluding carboxylic acids is 4. The number of carboxylic acids is 2. The number of aromatic nitrogens is 2. The van der Waals surface area contributed by atoms with Gasteiger partial charge in [0.15, 0.2) is 0 Å². The van der Waals surface area contributed by atoms with Crippen LogP contribution in [0.2, 0.25) is 0 Å². The van der Waals surface area contributed by atoms with Crippen LogP contribution >= 0.6 is 0 Å². The Morgan fingerprint density at radius 2 is 1.62 bits per heavy atom. The topological polar surface area (TPSA) is 260 Å². The molecule has 0 saturated heterocycles. The van der Waals surface area contributed by atoms with Gasteiger partial charge in [0.1, 0.15) is 18.1 Å². The van der Waals surface area contributed by atoms with Crippen molar-refractivity contribution >= 4 is 35.6 Å². The highest BCUT2D eigenvalue weighted by Gasteiger charge is 2.29. The maximum atomic E-state index is 12.7. The van der Waals surface area contributed by atoms with Gasteiger partial charge in [-0.15, -0.1) is 0 Å². The van der Waals surface area contributed by atoms with Crippen molar-refractivity contribution in [3.8, 4) is 0 Å². The predicted molar refractivity (Wildman–Crippen MR) is 115 cm³/mol. The van der Waals surface area contributed by atoms with Crippen LogP contribution in [-0.4, -0.2) is 79.9 Å². The first kappa shape index (κ1) is 28.0. The van der Waals surface area contributed by atoms with Gasteiger partial charge in [-0.1, -0.05) is 0 Å². The molecule has 188 valence electrons. The molecule has 4 unspecified atom stereocenters. The van der Waals surface area contributed by atoms with Gasteiger partial charge in [-0.2, -0.15) is 0 Å². The number of nitrogens with two attached hydrogens (primary N) is 2. The minimum atomic E-state index is -1.36. The first-order chi connectivity index (χ1) is 15.9. The molecule has 4 atom stereocenters. The van der Waals surface area contributed by atoms with Gasteiger partial charge in [-0.05, 0) is 19.8 Å². The summed E-state index contributed by atoms with van der Waals surface area (Å²) in [6.45, 7) is 1.30. The van der Waals surface area contributed by atoms with E-state index in [0.717, 1.165) is 0 Å². The molecule has 0 aliphatic carbocycles.